The van der Waals surface area contributed by atoms with Crippen LogP contribution in [0.25, 0.3) is 0 Å². The summed E-state index contributed by atoms with van der Waals surface area (Å²) in [6.45, 7) is 0.183. The highest BCUT2D eigenvalue weighted by Gasteiger charge is 2.06. The van der Waals surface area contributed by atoms with E-state index < -0.39 is 0 Å². The number of carbonyl (C=O) groups excluding carboxylic acids is 2. The molecule has 2 amide bonds. The fourth-order valence-corrected chi connectivity index (χ4v) is 1.96. The predicted molar refractivity (Wildman–Crippen MR) is 93.8 cm³/mol. The molecule has 130 valence electrons. The Morgan fingerprint density at radius 3 is 2.56 bits per heavy atom. The Kier molecular flexibility index (Phi) is 6.53. The van der Waals surface area contributed by atoms with Gasteiger partial charge in [0.25, 0.3) is 5.91 Å². The van der Waals surface area contributed by atoms with E-state index in [1.165, 1.54) is 12.3 Å². The molecule has 0 unspecified atom stereocenters. The van der Waals surface area contributed by atoms with E-state index in [1.807, 2.05) is 0 Å². The molecular weight excluding hydrogens is 322 g/mol. The molecule has 25 heavy (non-hydrogen) atoms. The van der Waals surface area contributed by atoms with Crippen LogP contribution in [0.5, 0.6) is 11.5 Å². The van der Waals surface area contributed by atoms with Crippen molar-refractivity contribution in [1.82, 2.24) is 10.7 Å². The SMILES string of the molecule is COc1ccc(C(=O)NCCC(=O)N/N=C/c2ccccc2O)cc1. The van der Waals surface area contributed by atoms with Gasteiger partial charge in [0.05, 0.1) is 13.3 Å². The van der Waals surface area contributed by atoms with Crippen molar-refractivity contribution in [1.29, 1.82) is 0 Å². The van der Waals surface area contributed by atoms with Crippen LogP contribution in [0.2, 0.25) is 0 Å². The van der Waals surface area contributed by atoms with Gasteiger partial charge in [0.1, 0.15) is 11.5 Å². The summed E-state index contributed by atoms with van der Waals surface area (Å²) < 4.78 is 5.02. The third kappa shape index (κ3) is 5.65. The highest BCUT2D eigenvalue weighted by molar-refractivity contribution is 5.94. The van der Waals surface area contributed by atoms with Gasteiger partial charge in [-0.15, -0.1) is 0 Å². The quantitative estimate of drug-likeness (QED) is 0.527. The number of nitrogens with zero attached hydrogens (tertiary/aromatic N) is 1. The van der Waals surface area contributed by atoms with E-state index in [0.717, 1.165) is 0 Å². The minimum absolute atomic E-state index is 0.0762. The number of phenols is 1. The van der Waals surface area contributed by atoms with E-state index >= 15 is 0 Å². The van der Waals surface area contributed by atoms with Gasteiger partial charge in [0.2, 0.25) is 5.91 Å². The number of hydrogen-bond acceptors (Lipinski definition) is 5. The van der Waals surface area contributed by atoms with E-state index in [-0.39, 0.29) is 30.5 Å². The lowest BCUT2D eigenvalue weighted by atomic mass is 10.2. The lowest BCUT2D eigenvalue weighted by Crippen LogP contribution is -2.29. The largest absolute Gasteiger partial charge is 0.507 e. The molecule has 0 fully saturated rings. The molecule has 0 aliphatic heterocycles. The van der Waals surface area contributed by atoms with Gasteiger partial charge in [-0.1, -0.05) is 12.1 Å². The fraction of sp³-hybridized carbons (Fsp3) is 0.167. The summed E-state index contributed by atoms with van der Waals surface area (Å²) in [7, 11) is 1.55. The number of phenolic OH excluding ortho intramolecular Hbond substituents is 1. The number of aromatic hydroxyl groups is 1. The molecule has 0 aliphatic carbocycles. The van der Waals surface area contributed by atoms with Gasteiger partial charge < -0.3 is 15.2 Å². The van der Waals surface area contributed by atoms with Gasteiger partial charge in [-0.3, -0.25) is 9.59 Å². The first kappa shape index (κ1) is 18.0. The average molecular weight is 341 g/mol. The van der Waals surface area contributed by atoms with Crippen molar-refractivity contribution in [3.8, 4) is 11.5 Å². The maximum absolute atomic E-state index is 11.9. The van der Waals surface area contributed by atoms with Crippen LogP contribution < -0.4 is 15.5 Å². The van der Waals surface area contributed by atoms with E-state index in [0.29, 0.717) is 16.9 Å². The summed E-state index contributed by atoms with van der Waals surface area (Å²) in [6.07, 6.45) is 1.43. The summed E-state index contributed by atoms with van der Waals surface area (Å²) in [5.41, 5.74) is 3.32. The summed E-state index contributed by atoms with van der Waals surface area (Å²) in [5.74, 6) is 0.125. The zero-order valence-electron chi connectivity index (χ0n) is 13.7. The van der Waals surface area contributed by atoms with Gasteiger partial charge in [-0.2, -0.15) is 5.10 Å². The van der Waals surface area contributed by atoms with Crippen molar-refractivity contribution in [2.24, 2.45) is 5.10 Å². The predicted octanol–water partition coefficient (Wildman–Crippen LogP) is 1.67. The van der Waals surface area contributed by atoms with Crippen LogP contribution >= 0.6 is 0 Å². The summed E-state index contributed by atoms with van der Waals surface area (Å²) >= 11 is 0. The minimum Gasteiger partial charge on any atom is -0.507 e. The number of rotatable bonds is 7. The van der Waals surface area contributed by atoms with Gasteiger partial charge in [0.15, 0.2) is 0 Å². The van der Waals surface area contributed by atoms with Crippen molar-refractivity contribution < 1.29 is 19.4 Å². The summed E-state index contributed by atoms with van der Waals surface area (Å²) in [5, 5.41) is 16.0. The van der Waals surface area contributed by atoms with Crippen LogP contribution in [0, 0.1) is 0 Å². The summed E-state index contributed by atoms with van der Waals surface area (Å²) in [4.78, 5) is 23.6. The Labute approximate surface area is 145 Å². The number of hydrogen-bond donors (Lipinski definition) is 3. The van der Waals surface area contributed by atoms with Gasteiger partial charge in [-0.25, -0.2) is 5.43 Å². The van der Waals surface area contributed by atoms with Crippen LogP contribution in [-0.2, 0) is 4.79 Å². The van der Waals surface area contributed by atoms with Crippen molar-refractivity contribution in [3.05, 3.63) is 59.7 Å². The topological polar surface area (TPSA) is 100 Å². The molecule has 0 saturated carbocycles. The molecule has 3 N–H and O–H groups in total. The molecule has 2 rings (SSSR count). The van der Waals surface area contributed by atoms with Crippen molar-refractivity contribution >= 4 is 18.0 Å². The highest BCUT2D eigenvalue weighted by Crippen LogP contribution is 2.12. The molecule has 0 aromatic heterocycles. The number of nitrogens with one attached hydrogen (secondary N) is 2. The van der Waals surface area contributed by atoms with Crippen molar-refractivity contribution in [2.75, 3.05) is 13.7 Å². The van der Waals surface area contributed by atoms with E-state index in [9.17, 15) is 14.7 Å². The third-order valence-corrected chi connectivity index (χ3v) is 3.32. The van der Waals surface area contributed by atoms with Crippen LogP contribution in [0.15, 0.2) is 53.6 Å². The molecule has 2 aromatic carbocycles. The molecular formula is C18H19N3O4. The monoisotopic (exact) mass is 341 g/mol. The number of amides is 2. The molecule has 0 heterocycles. The molecule has 2 aromatic rings. The van der Waals surface area contributed by atoms with Crippen LogP contribution in [0.1, 0.15) is 22.3 Å². The lowest BCUT2D eigenvalue weighted by Gasteiger charge is -2.05. The Morgan fingerprint density at radius 1 is 1.16 bits per heavy atom. The Hall–Kier alpha value is -3.35. The van der Waals surface area contributed by atoms with Gasteiger partial charge in [0, 0.05) is 24.1 Å². The van der Waals surface area contributed by atoms with Gasteiger partial charge >= 0.3 is 0 Å². The fourth-order valence-electron chi connectivity index (χ4n) is 1.96. The molecule has 0 saturated heterocycles. The van der Waals surface area contributed by atoms with E-state index in [2.05, 4.69) is 15.8 Å². The average Bonchev–Trinajstić information content (AvgIpc) is 2.63. The maximum atomic E-state index is 11.9. The molecule has 7 nitrogen and oxygen atoms in total. The zero-order chi connectivity index (χ0) is 18.1. The van der Waals surface area contributed by atoms with Crippen LogP contribution in [0.3, 0.4) is 0 Å². The Morgan fingerprint density at radius 2 is 1.88 bits per heavy atom. The van der Waals surface area contributed by atoms with E-state index in [4.69, 9.17) is 4.74 Å². The third-order valence-electron chi connectivity index (χ3n) is 3.32. The Bertz CT molecular complexity index is 757. The summed E-state index contributed by atoms with van der Waals surface area (Å²) in [6, 6.07) is 13.3. The molecule has 7 heteroatoms. The standard InChI is InChI=1S/C18H19N3O4/c1-25-15-8-6-13(7-9-15)18(24)19-11-10-17(23)21-20-12-14-4-2-3-5-16(14)22/h2-9,12,22H,10-11H2,1H3,(H,19,24)(H,21,23)/b20-12+. The van der Waals surface area contributed by atoms with Crippen LogP contribution in [-0.4, -0.2) is 36.8 Å². The molecule has 0 aliphatic rings. The maximum Gasteiger partial charge on any atom is 0.251 e. The minimum atomic E-state index is -0.346. The first-order chi connectivity index (χ1) is 12.1. The lowest BCUT2D eigenvalue weighted by molar-refractivity contribution is -0.120. The number of ether oxygens (including phenoxy) is 1. The van der Waals surface area contributed by atoms with E-state index in [1.54, 1.807) is 49.6 Å². The number of hydrazone groups is 1. The normalized spacial score (nSPS) is 10.4. The first-order valence-corrected chi connectivity index (χ1v) is 7.62. The second kappa shape index (κ2) is 9.07. The zero-order valence-corrected chi connectivity index (χ0v) is 13.7. The first-order valence-electron chi connectivity index (χ1n) is 7.62. The van der Waals surface area contributed by atoms with Crippen molar-refractivity contribution in [3.63, 3.8) is 0 Å². The van der Waals surface area contributed by atoms with Gasteiger partial charge in [-0.05, 0) is 36.4 Å². The van der Waals surface area contributed by atoms with Crippen LogP contribution in [0.4, 0.5) is 0 Å². The number of methoxy groups -OCH3 is 1. The number of benzene rings is 2. The second-order valence-corrected chi connectivity index (χ2v) is 5.09. The van der Waals surface area contributed by atoms with Crippen molar-refractivity contribution in [2.45, 2.75) is 6.42 Å². The Balaban J connectivity index is 1.72. The molecule has 0 atom stereocenters. The second-order valence-electron chi connectivity index (χ2n) is 5.09. The molecule has 0 bridgehead atoms. The highest BCUT2D eigenvalue weighted by atomic mass is 16.5. The smallest absolute Gasteiger partial charge is 0.251 e. The molecule has 0 radical (unpaired) electrons. The number of para-hydroxylation sites is 1. The number of carbonyl (C=O) groups is 2. The molecule has 0 spiro atoms.